The molecule has 2 aliphatic heterocycles. The van der Waals surface area contributed by atoms with E-state index in [-0.39, 0.29) is 24.0 Å². The lowest BCUT2D eigenvalue weighted by atomic mass is 10.1. The van der Waals surface area contributed by atoms with Gasteiger partial charge in [-0.05, 0) is 25.5 Å². The molecule has 0 aromatic heterocycles. The van der Waals surface area contributed by atoms with Crippen molar-refractivity contribution >= 4 is 17.7 Å². The van der Waals surface area contributed by atoms with Crippen LogP contribution in [0.1, 0.15) is 19.8 Å². The maximum absolute atomic E-state index is 12.0. The van der Waals surface area contributed by atoms with Crippen LogP contribution in [0.2, 0.25) is 0 Å². The molecule has 0 spiro atoms. The summed E-state index contributed by atoms with van der Waals surface area (Å²) in [6.45, 7) is 2.57. The van der Waals surface area contributed by atoms with Gasteiger partial charge in [0.15, 0.2) is 0 Å². The van der Waals surface area contributed by atoms with E-state index in [1.54, 1.807) is 0 Å². The fraction of sp³-hybridized carbons (Fsp3) is 0.900. The van der Waals surface area contributed by atoms with Crippen molar-refractivity contribution in [1.82, 2.24) is 4.90 Å². The van der Waals surface area contributed by atoms with Crippen molar-refractivity contribution in [1.29, 1.82) is 0 Å². The van der Waals surface area contributed by atoms with Gasteiger partial charge in [0.1, 0.15) is 0 Å². The van der Waals surface area contributed by atoms with E-state index in [9.17, 15) is 9.90 Å². The molecule has 14 heavy (non-hydrogen) atoms. The van der Waals surface area contributed by atoms with E-state index in [0.717, 1.165) is 24.3 Å². The maximum atomic E-state index is 12.0. The number of amides is 1. The quantitative estimate of drug-likeness (QED) is 0.701. The molecule has 1 amide bonds. The molecule has 2 aliphatic rings. The number of carbonyl (C=O) groups excluding carboxylic acids is 1. The summed E-state index contributed by atoms with van der Waals surface area (Å²) in [5.41, 5.74) is 0. The van der Waals surface area contributed by atoms with E-state index in [4.69, 9.17) is 0 Å². The van der Waals surface area contributed by atoms with E-state index in [2.05, 4.69) is 0 Å². The summed E-state index contributed by atoms with van der Waals surface area (Å²) in [7, 11) is 0. The minimum Gasteiger partial charge on any atom is -0.391 e. The molecule has 2 heterocycles. The van der Waals surface area contributed by atoms with E-state index in [1.807, 2.05) is 23.6 Å². The predicted molar refractivity (Wildman–Crippen MR) is 57.2 cm³/mol. The number of aliphatic hydroxyl groups is 1. The van der Waals surface area contributed by atoms with Crippen LogP contribution in [-0.2, 0) is 4.79 Å². The topological polar surface area (TPSA) is 40.5 Å². The molecule has 3 unspecified atom stereocenters. The molecule has 0 aromatic rings. The van der Waals surface area contributed by atoms with E-state index >= 15 is 0 Å². The summed E-state index contributed by atoms with van der Waals surface area (Å²) in [6, 6.07) is 0.225. The third-order valence-electron chi connectivity index (χ3n) is 3.11. The zero-order valence-corrected chi connectivity index (χ0v) is 9.30. The van der Waals surface area contributed by atoms with Crippen LogP contribution >= 0.6 is 11.8 Å². The van der Waals surface area contributed by atoms with Crippen molar-refractivity contribution in [3.63, 3.8) is 0 Å². The van der Waals surface area contributed by atoms with Gasteiger partial charge in [0.25, 0.3) is 0 Å². The molecule has 0 aromatic carbocycles. The number of aliphatic hydroxyl groups excluding tert-OH is 1. The highest BCUT2D eigenvalue weighted by Crippen LogP contribution is 2.28. The Hall–Kier alpha value is -0.220. The molecule has 2 saturated heterocycles. The SMILES string of the molecule is CC1CC(O)CN1C(=O)C1CCSC1. The summed E-state index contributed by atoms with van der Waals surface area (Å²) < 4.78 is 0. The molecule has 2 fully saturated rings. The fourth-order valence-electron chi connectivity index (χ4n) is 2.27. The number of nitrogens with zero attached hydrogens (tertiary/aromatic N) is 1. The molecule has 4 heteroatoms. The number of thioether (sulfide) groups is 1. The third kappa shape index (κ3) is 1.91. The van der Waals surface area contributed by atoms with Gasteiger partial charge in [0.05, 0.1) is 6.10 Å². The highest BCUT2D eigenvalue weighted by atomic mass is 32.2. The highest BCUT2D eigenvalue weighted by Gasteiger charge is 2.35. The van der Waals surface area contributed by atoms with Gasteiger partial charge in [-0.15, -0.1) is 0 Å². The molecule has 1 N–H and O–H groups in total. The third-order valence-corrected chi connectivity index (χ3v) is 4.28. The molecule has 2 rings (SSSR count). The Morgan fingerprint density at radius 2 is 2.36 bits per heavy atom. The lowest BCUT2D eigenvalue weighted by molar-refractivity contribution is -0.135. The average Bonchev–Trinajstić information content (AvgIpc) is 2.73. The molecule has 0 radical (unpaired) electrons. The summed E-state index contributed by atoms with van der Waals surface area (Å²) >= 11 is 1.86. The highest BCUT2D eigenvalue weighted by molar-refractivity contribution is 7.99. The van der Waals surface area contributed by atoms with Gasteiger partial charge in [-0.3, -0.25) is 4.79 Å². The fourth-order valence-corrected chi connectivity index (χ4v) is 3.49. The second kappa shape index (κ2) is 4.11. The number of rotatable bonds is 1. The van der Waals surface area contributed by atoms with Crippen molar-refractivity contribution in [3.8, 4) is 0 Å². The first-order valence-corrected chi connectivity index (χ1v) is 6.40. The second-order valence-corrected chi connectivity index (χ2v) is 5.44. The smallest absolute Gasteiger partial charge is 0.226 e. The standard InChI is InChI=1S/C10H17NO2S/c1-7-4-9(12)5-11(7)10(13)8-2-3-14-6-8/h7-9,12H,2-6H2,1H3. The summed E-state index contributed by atoms with van der Waals surface area (Å²) in [4.78, 5) is 13.9. The van der Waals surface area contributed by atoms with Gasteiger partial charge in [0, 0.05) is 24.3 Å². The van der Waals surface area contributed by atoms with Crippen molar-refractivity contribution in [2.24, 2.45) is 5.92 Å². The largest absolute Gasteiger partial charge is 0.391 e. The van der Waals surface area contributed by atoms with Gasteiger partial charge in [-0.1, -0.05) is 0 Å². The molecule has 0 saturated carbocycles. The van der Waals surface area contributed by atoms with Crippen LogP contribution in [0.4, 0.5) is 0 Å². The van der Waals surface area contributed by atoms with Gasteiger partial charge in [0.2, 0.25) is 5.91 Å². The monoisotopic (exact) mass is 215 g/mol. The van der Waals surface area contributed by atoms with Crippen molar-refractivity contribution in [3.05, 3.63) is 0 Å². The second-order valence-electron chi connectivity index (χ2n) is 4.29. The number of likely N-dealkylation sites (tertiary alicyclic amines) is 1. The Kier molecular flexibility index (Phi) is 3.02. The molecule has 0 aliphatic carbocycles. The molecule has 0 bridgehead atoms. The Morgan fingerprint density at radius 1 is 1.57 bits per heavy atom. The number of carbonyl (C=O) groups is 1. The van der Waals surface area contributed by atoms with Gasteiger partial charge in [-0.25, -0.2) is 0 Å². The first-order valence-electron chi connectivity index (χ1n) is 5.24. The Labute approximate surface area is 88.9 Å². The molecule has 80 valence electrons. The van der Waals surface area contributed by atoms with Crippen molar-refractivity contribution in [2.45, 2.75) is 31.9 Å². The summed E-state index contributed by atoms with van der Waals surface area (Å²) in [5.74, 6) is 2.56. The normalized spacial score (nSPS) is 37.9. The Balaban J connectivity index is 1.96. The average molecular weight is 215 g/mol. The van der Waals surface area contributed by atoms with Crippen molar-refractivity contribution < 1.29 is 9.90 Å². The van der Waals surface area contributed by atoms with Gasteiger partial charge < -0.3 is 10.0 Å². The zero-order valence-electron chi connectivity index (χ0n) is 8.48. The predicted octanol–water partition coefficient (Wildman–Crippen LogP) is 0.721. The Bertz CT molecular complexity index is 228. The maximum Gasteiger partial charge on any atom is 0.226 e. The van der Waals surface area contributed by atoms with Crippen LogP contribution in [0.3, 0.4) is 0 Å². The first-order chi connectivity index (χ1) is 6.68. The number of hydrogen-bond donors (Lipinski definition) is 1. The summed E-state index contributed by atoms with van der Waals surface area (Å²) in [6.07, 6.45) is 1.46. The van der Waals surface area contributed by atoms with Crippen LogP contribution in [0, 0.1) is 5.92 Å². The van der Waals surface area contributed by atoms with Crippen LogP contribution in [0.5, 0.6) is 0 Å². The lowest BCUT2D eigenvalue weighted by Crippen LogP contribution is -2.38. The number of β-amino-alcohol motifs (C(OH)–C–C–N with tert-alkyl or cyclic N) is 1. The number of hydrogen-bond acceptors (Lipinski definition) is 3. The van der Waals surface area contributed by atoms with E-state index in [1.165, 1.54) is 0 Å². The molecular weight excluding hydrogens is 198 g/mol. The van der Waals surface area contributed by atoms with Crippen LogP contribution in [-0.4, -0.2) is 46.1 Å². The Morgan fingerprint density at radius 3 is 2.86 bits per heavy atom. The molecule has 3 atom stereocenters. The van der Waals surface area contributed by atoms with Crippen molar-refractivity contribution in [2.75, 3.05) is 18.1 Å². The molecular formula is C10H17NO2S. The molecule has 3 nitrogen and oxygen atoms in total. The van der Waals surface area contributed by atoms with E-state index in [0.29, 0.717) is 6.54 Å². The zero-order chi connectivity index (χ0) is 10.1. The minimum absolute atomic E-state index is 0.216. The lowest BCUT2D eigenvalue weighted by Gasteiger charge is -2.24. The van der Waals surface area contributed by atoms with Gasteiger partial charge in [-0.2, -0.15) is 11.8 Å². The van der Waals surface area contributed by atoms with Gasteiger partial charge >= 0.3 is 0 Å². The van der Waals surface area contributed by atoms with Crippen LogP contribution in [0.25, 0.3) is 0 Å². The van der Waals surface area contributed by atoms with E-state index < -0.39 is 0 Å². The van der Waals surface area contributed by atoms with Crippen LogP contribution in [0.15, 0.2) is 0 Å². The minimum atomic E-state index is -0.303. The summed E-state index contributed by atoms with van der Waals surface area (Å²) in [5, 5.41) is 9.46. The first kappa shape index (κ1) is 10.3. The van der Waals surface area contributed by atoms with Crippen LogP contribution < -0.4 is 0 Å².